The quantitative estimate of drug-likeness (QED) is 0.238. The van der Waals surface area contributed by atoms with E-state index in [4.69, 9.17) is 9.47 Å². The summed E-state index contributed by atoms with van der Waals surface area (Å²) in [4.78, 5) is 37.2. The fraction of sp³-hybridized carbons (Fsp3) is 0.429. The highest BCUT2D eigenvalue weighted by Gasteiger charge is 2.59. The third-order valence-corrected chi connectivity index (χ3v) is 6.88. The Kier molecular flexibility index (Phi) is 5.85. The highest BCUT2D eigenvalue weighted by atomic mass is 79.9. The number of carbonyl (C=O) groups is 3. The summed E-state index contributed by atoms with van der Waals surface area (Å²) in [7, 11) is 0. The first-order chi connectivity index (χ1) is 14.3. The summed E-state index contributed by atoms with van der Waals surface area (Å²) in [6, 6.07) is 3.47. The highest BCUT2D eigenvalue weighted by molar-refractivity contribution is 9.11. The van der Waals surface area contributed by atoms with Crippen molar-refractivity contribution in [2.24, 2.45) is 28.8 Å². The summed E-state index contributed by atoms with van der Waals surface area (Å²) < 4.78 is 11.8. The second kappa shape index (κ2) is 8.26. The van der Waals surface area contributed by atoms with Crippen LogP contribution in [0.5, 0.6) is 5.75 Å². The number of hydrogen-bond donors (Lipinski definition) is 0. The van der Waals surface area contributed by atoms with Gasteiger partial charge in [-0.3, -0.25) is 9.59 Å². The van der Waals surface area contributed by atoms with Gasteiger partial charge in [0, 0.05) is 0 Å². The van der Waals surface area contributed by atoms with Crippen LogP contribution in [0.25, 0.3) is 0 Å². The zero-order valence-corrected chi connectivity index (χ0v) is 19.6. The first kappa shape index (κ1) is 21.2. The number of halogens is 2. The lowest BCUT2D eigenvalue weighted by Crippen LogP contribution is -2.28. The number of rotatable bonds is 6. The second-order valence-corrected chi connectivity index (χ2v) is 9.27. The number of esters is 1. The first-order valence-corrected chi connectivity index (χ1v) is 11.3. The maximum absolute atomic E-state index is 12.7. The second-order valence-electron chi connectivity index (χ2n) is 7.56. The third-order valence-electron chi connectivity index (χ3n) is 5.70. The molecule has 4 rings (SSSR count). The van der Waals surface area contributed by atoms with E-state index >= 15 is 0 Å². The SMILES string of the molecule is CCOC(=O)[C@@H](C)Oc1c(Br)cc(C=NN2C(=O)[C@@H]3[C@H](C2=O)[C@H]2C=C[C@H]3C2)cc1Br. The molecule has 3 aliphatic rings. The van der Waals surface area contributed by atoms with Crippen molar-refractivity contribution in [3.8, 4) is 5.75 Å². The molecule has 1 aliphatic heterocycles. The van der Waals surface area contributed by atoms with Gasteiger partial charge in [0.2, 0.25) is 0 Å². The van der Waals surface area contributed by atoms with E-state index in [0.717, 1.165) is 11.4 Å². The lowest BCUT2D eigenvalue weighted by Gasteiger charge is -2.16. The van der Waals surface area contributed by atoms with E-state index in [9.17, 15) is 14.4 Å². The van der Waals surface area contributed by atoms with Crippen LogP contribution in [0.3, 0.4) is 0 Å². The first-order valence-electron chi connectivity index (χ1n) is 9.74. The molecular weight excluding hydrogens is 520 g/mol. The molecule has 0 N–H and O–H groups in total. The monoisotopic (exact) mass is 538 g/mol. The van der Waals surface area contributed by atoms with Gasteiger partial charge >= 0.3 is 5.97 Å². The molecule has 7 nitrogen and oxygen atoms in total. The number of benzene rings is 1. The van der Waals surface area contributed by atoms with E-state index in [1.165, 1.54) is 6.21 Å². The molecule has 2 bridgehead atoms. The molecule has 5 atom stereocenters. The Labute approximate surface area is 190 Å². The predicted octanol–water partition coefficient (Wildman–Crippen LogP) is 3.68. The van der Waals surface area contributed by atoms with Crippen LogP contribution in [0.4, 0.5) is 0 Å². The lowest BCUT2D eigenvalue weighted by atomic mass is 9.85. The molecule has 158 valence electrons. The van der Waals surface area contributed by atoms with Crippen molar-refractivity contribution in [3.63, 3.8) is 0 Å². The van der Waals surface area contributed by atoms with Crippen molar-refractivity contribution in [1.29, 1.82) is 0 Å². The molecule has 1 aromatic rings. The Balaban J connectivity index is 1.49. The van der Waals surface area contributed by atoms with Crippen molar-refractivity contribution in [3.05, 3.63) is 38.8 Å². The van der Waals surface area contributed by atoms with Crippen LogP contribution in [0.1, 0.15) is 25.8 Å². The number of hydrazone groups is 1. The van der Waals surface area contributed by atoms with Crippen molar-refractivity contribution in [2.45, 2.75) is 26.4 Å². The Morgan fingerprint density at radius 2 is 1.77 bits per heavy atom. The van der Waals surface area contributed by atoms with Crippen LogP contribution in [0, 0.1) is 23.7 Å². The lowest BCUT2D eigenvalue weighted by molar-refractivity contribution is -0.150. The van der Waals surface area contributed by atoms with E-state index in [0.29, 0.717) is 20.3 Å². The molecule has 1 aromatic carbocycles. The van der Waals surface area contributed by atoms with Crippen LogP contribution in [-0.2, 0) is 19.1 Å². The summed E-state index contributed by atoms with van der Waals surface area (Å²) in [5.74, 6) is -0.707. The molecule has 0 aromatic heterocycles. The third kappa shape index (κ3) is 3.62. The summed E-state index contributed by atoms with van der Waals surface area (Å²) in [5.41, 5.74) is 0.656. The average Bonchev–Trinajstić information content (AvgIpc) is 3.37. The standard InChI is InChI=1S/C21H20Br2N2O5/c1-3-29-21(28)10(2)30-18-14(22)6-11(7-15(18)23)9-24-25-19(26)16-12-4-5-13(8-12)17(16)20(25)27/h4-7,9-10,12-13,16-17H,3,8H2,1-2H3/t10-,12+,13+,16-,17+/m1/s1. The average molecular weight is 540 g/mol. The summed E-state index contributed by atoms with van der Waals surface area (Å²) in [6.45, 7) is 3.61. The topological polar surface area (TPSA) is 85.3 Å². The predicted molar refractivity (Wildman–Crippen MR) is 116 cm³/mol. The summed E-state index contributed by atoms with van der Waals surface area (Å²) in [5, 5.41) is 5.20. The van der Waals surface area contributed by atoms with E-state index in [1.54, 1.807) is 26.0 Å². The molecule has 0 unspecified atom stereocenters. The summed E-state index contributed by atoms with van der Waals surface area (Å²) in [6.07, 6.45) is 5.68. The maximum Gasteiger partial charge on any atom is 0.347 e. The number of fused-ring (bicyclic) bond motifs is 5. The van der Waals surface area contributed by atoms with Crippen LogP contribution >= 0.6 is 31.9 Å². The van der Waals surface area contributed by atoms with Gasteiger partial charge in [-0.2, -0.15) is 10.1 Å². The van der Waals surface area contributed by atoms with E-state index in [2.05, 4.69) is 49.1 Å². The molecule has 1 saturated carbocycles. The van der Waals surface area contributed by atoms with Gasteiger partial charge in [0.15, 0.2) is 6.10 Å². The van der Waals surface area contributed by atoms with Crippen molar-refractivity contribution < 1.29 is 23.9 Å². The largest absolute Gasteiger partial charge is 0.477 e. The summed E-state index contributed by atoms with van der Waals surface area (Å²) >= 11 is 6.86. The molecular formula is C21H20Br2N2O5. The van der Waals surface area contributed by atoms with E-state index in [-0.39, 0.29) is 42.1 Å². The molecule has 0 spiro atoms. The number of hydrogen-bond acceptors (Lipinski definition) is 6. The van der Waals surface area contributed by atoms with Gasteiger partial charge in [-0.05, 0) is 81.7 Å². The minimum Gasteiger partial charge on any atom is -0.477 e. The van der Waals surface area contributed by atoms with Gasteiger partial charge in [0.1, 0.15) is 5.75 Å². The number of allylic oxidation sites excluding steroid dienone is 2. The highest BCUT2D eigenvalue weighted by Crippen LogP contribution is 2.52. The molecule has 2 fully saturated rings. The van der Waals surface area contributed by atoms with Gasteiger partial charge in [-0.15, -0.1) is 0 Å². The van der Waals surface area contributed by atoms with Crippen LogP contribution in [0.15, 0.2) is 38.3 Å². The van der Waals surface area contributed by atoms with Crippen molar-refractivity contribution in [1.82, 2.24) is 5.01 Å². The Bertz CT molecular complexity index is 923. The fourth-order valence-corrected chi connectivity index (χ4v) is 5.78. The number of carbonyl (C=O) groups excluding carboxylic acids is 3. The number of imide groups is 1. The van der Waals surface area contributed by atoms with Crippen LogP contribution in [-0.4, -0.2) is 41.7 Å². The van der Waals surface area contributed by atoms with E-state index in [1.807, 2.05) is 0 Å². The molecule has 2 aliphatic carbocycles. The number of nitrogens with zero attached hydrogens (tertiary/aromatic N) is 2. The zero-order valence-electron chi connectivity index (χ0n) is 16.4. The van der Waals surface area contributed by atoms with Gasteiger partial charge < -0.3 is 9.47 Å². The molecule has 9 heteroatoms. The van der Waals surface area contributed by atoms with Gasteiger partial charge in [-0.1, -0.05) is 12.2 Å². The van der Waals surface area contributed by atoms with Crippen LogP contribution < -0.4 is 4.74 Å². The Morgan fingerprint density at radius 1 is 1.20 bits per heavy atom. The molecule has 1 heterocycles. The molecule has 2 amide bonds. The van der Waals surface area contributed by atoms with E-state index < -0.39 is 12.1 Å². The Hall–Kier alpha value is -2.00. The van der Waals surface area contributed by atoms with Gasteiger partial charge in [0.25, 0.3) is 11.8 Å². The van der Waals surface area contributed by atoms with Gasteiger partial charge in [0.05, 0.1) is 33.6 Å². The number of amides is 2. The Morgan fingerprint density at radius 3 is 2.30 bits per heavy atom. The maximum atomic E-state index is 12.7. The molecule has 1 saturated heterocycles. The number of ether oxygens (including phenoxy) is 2. The smallest absolute Gasteiger partial charge is 0.347 e. The normalized spacial score (nSPS) is 27.8. The van der Waals surface area contributed by atoms with Crippen molar-refractivity contribution >= 4 is 55.9 Å². The van der Waals surface area contributed by atoms with Crippen LogP contribution in [0.2, 0.25) is 0 Å². The fourth-order valence-electron chi connectivity index (χ4n) is 4.38. The van der Waals surface area contributed by atoms with Gasteiger partial charge in [-0.25, -0.2) is 4.79 Å². The molecule has 0 radical (unpaired) electrons. The minimum absolute atomic E-state index is 0.151. The zero-order chi connectivity index (χ0) is 21.6. The molecule has 30 heavy (non-hydrogen) atoms. The van der Waals surface area contributed by atoms with Crippen molar-refractivity contribution in [2.75, 3.05) is 6.61 Å². The minimum atomic E-state index is -0.778.